The van der Waals surface area contributed by atoms with E-state index in [4.69, 9.17) is 19.6 Å². The molecular formula is C34H33F2N3O6S. The molecule has 4 aromatic rings. The zero-order chi connectivity index (χ0) is 32.6. The number of sulfone groups is 1. The third kappa shape index (κ3) is 7.41. The lowest BCUT2D eigenvalue weighted by molar-refractivity contribution is -0.130. The Morgan fingerprint density at radius 2 is 1.57 bits per heavy atom. The lowest BCUT2D eigenvalue weighted by Gasteiger charge is -2.30. The van der Waals surface area contributed by atoms with Crippen LogP contribution in [0, 0.1) is 11.6 Å². The van der Waals surface area contributed by atoms with Crippen LogP contribution in [0.4, 0.5) is 8.78 Å². The summed E-state index contributed by atoms with van der Waals surface area (Å²) in [6, 6.07) is 26.9. The number of benzene rings is 4. The molecule has 46 heavy (non-hydrogen) atoms. The van der Waals surface area contributed by atoms with E-state index in [2.05, 4.69) is 10.9 Å². The van der Waals surface area contributed by atoms with Crippen LogP contribution in [0.5, 0.6) is 5.75 Å². The minimum absolute atomic E-state index is 0.00215. The molecule has 5 rings (SSSR count). The first-order valence-corrected chi connectivity index (χ1v) is 16.3. The molecule has 2 atom stereocenters. The van der Waals surface area contributed by atoms with Gasteiger partial charge in [-0.2, -0.15) is 0 Å². The topological polar surface area (TPSA) is 126 Å². The van der Waals surface area contributed by atoms with E-state index < -0.39 is 44.8 Å². The fourth-order valence-corrected chi connectivity index (χ4v) is 6.44. The van der Waals surface area contributed by atoms with Gasteiger partial charge < -0.3 is 14.6 Å². The summed E-state index contributed by atoms with van der Waals surface area (Å²) in [6.07, 6.45) is -0.864. The van der Waals surface area contributed by atoms with Gasteiger partial charge in [0.1, 0.15) is 17.4 Å². The summed E-state index contributed by atoms with van der Waals surface area (Å²) < 4.78 is 67.4. The predicted octanol–water partition coefficient (Wildman–Crippen LogP) is 4.67. The number of nitrogens with one attached hydrogen (secondary N) is 2. The smallest absolute Gasteiger partial charge is 0.266 e. The van der Waals surface area contributed by atoms with Gasteiger partial charge in [0, 0.05) is 37.1 Å². The van der Waals surface area contributed by atoms with Gasteiger partial charge in [-0.3, -0.25) is 10.2 Å². The van der Waals surface area contributed by atoms with E-state index in [0.29, 0.717) is 29.9 Å². The molecule has 3 N–H and O–H groups in total. The highest BCUT2D eigenvalue weighted by molar-refractivity contribution is 7.91. The Balaban J connectivity index is 1.51. The molecule has 0 aliphatic carbocycles. The third-order valence-corrected chi connectivity index (χ3v) is 9.25. The van der Waals surface area contributed by atoms with Crippen LogP contribution >= 0.6 is 0 Å². The molecule has 0 spiro atoms. The van der Waals surface area contributed by atoms with Crippen LogP contribution in [-0.4, -0.2) is 49.8 Å². The summed E-state index contributed by atoms with van der Waals surface area (Å²) >= 11 is 0. The van der Waals surface area contributed by atoms with Crippen LogP contribution in [0.15, 0.2) is 113 Å². The van der Waals surface area contributed by atoms with Gasteiger partial charge in [-0.15, -0.1) is 0 Å². The molecule has 0 fully saturated rings. The molecule has 0 unspecified atom stereocenters. The maximum absolute atomic E-state index is 14.3. The standard InChI is InChI=1S/C34H33F2N3O6S/c35-29-13-7-14-30(36)28(29)23-37-39-33(41)34(19-22-46(42,43)27-11-5-2-6-12-27)31(24-9-3-1-4-10-24)45-32(38-34)25-15-17-26(18-16-25)44-21-8-20-40/h1-7,9-18,31,37,40H,8,19-23H2,(H,39,41)/t31-,34-/m0/s1. The predicted molar refractivity (Wildman–Crippen MR) is 168 cm³/mol. The van der Waals surface area contributed by atoms with Crippen LogP contribution in [-0.2, 0) is 25.9 Å². The molecule has 4 aromatic carbocycles. The minimum atomic E-state index is -3.86. The van der Waals surface area contributed by atoms with Crippen molar-refractivity contribution in [1.82, 2.24) is 10.9 Å². The van der Waals surface area contributed by atoms with Gasteiger partial charge in [-0.05, 0) is 54.1 Å². The summed E-state index contributed by atoms with van der Waals surface area (Å²) in [5, 5.41) is 9.02. The second-order valence-electron chi connectivity index (χ2n) is 10.6. The number of nitrogens with zero attached hydrogens (tertiary/aromatic N) is 1. The molecule has 1 amide bonds. The van der Waals surface area contributed by atoms with E-state index >= 15 is 0 Å². The van der Waals surface area contributed by atoms with Crippen molar-refractivity contribution in [3.05, 3.63) is 131 Å². The first-order valence-electron chi connectivity index (χ1n) is 14.6. The second-order valence-corrected chi connectivity index (χ2v) is 12.7. The number of amides is 1. The maximum atomic E-state index is 14.3. The van der Waals surface area contributed by atoms with Gasteiger partial charge in [0.25, 0.3) is 5.91 Å². The number of aliphatic hydroxyl groups excluding tert-OH is 1. The molecule has 0 bridgehead atoms. The number of hydrogen-bond donors (Lipinski definition) is 3. The van der Waals surface area contributed by atoms with E-state index in [0.717, 1.165) is 12.1 Å². The normalized spacial score (nSPS) is 17.6. The van der Waals surface area contributed by atoms with E-state index in [1.165, 1.54) is 18.2 Å². The average Bonchev–Trinajstić information content (AvgIpc) is 3.47. The minimum Gasteiger partial charge on any atom is -0.494 e. The van der Waals surface area contributed by atoms with Gasteiger partial charge in [0.2, 0.25) is 5.90 Å². The van der Waals surface area contributed by atoms with Gasteiger partial charge >= 0.3 is 0 Å². The number of hydrogen-bond acceptors (Lipinski definition) is 8. The molecule has 9 nitrogen and oxygen atoms in total. The summed E-state index contributed by atoms with van der Waals surface area (Å²) in [4.78, 5) is 19.0. The Bertz CT molecular complexity index is 1750. The molecule has 0 saturated carbocycles. The van der Waals surface area contributed by atoms with E-state index in [9.17, 15) is 22.0 Å². The Hall–Kier alpha value is -4.65. The number of carbonyl (C=O) groups excluding carboxylic acids is 1. The first-order chi connectivity index (χ1) is 22.2. The lowest BCUT2D eigenvalue weighted by Crippen LogP contribution is -2.53. The number of aliphatic imine (C=N–C) groups is 1. The van der Waals surface area contributed by atoms with Crippen molar-refractivity contribution in [1.29, 1.82) is 0 Å². The number of halogens is 2. The van der Waals surface area contributed by atoms with Crippen molar-refractivity contribution >= 4 is 21.6 Å². The molecule has 1 aliphatic rings. The molecule has 12 heteroatoms. The average molecular weight is 650 g/mol. The fourth-order valence-electron chi connectivity index (χ4n) is 5.06. The first kappa shape index (κ1) is 32.7. The molecular weight excluding hydrogens is 616 g/mol. The largest absolute Gasteiger partial charge is 0.494 e. The molecule has 240 valence electrons. The van der Waals surface area contributed by atoms with Gasteiger partial charge in [-0.25, -0.2) is 27.6 Å². The monoisotopic (exact) mass is 649 g/mol. The third-order valence-electron chi connectivity index (χ3n) is 7.52. The van der Waals surface area contributed by atoms with Crippen LogP contribution in [0.25, 0.3) is 0 Å². The maximum Gasteiger partial charge on any atom is 0.266 e. The Labute approximate surface area is 265 Å². The van der Waals surface area contributed by atoms with Crippen LogP contribution in [0.3, 0.4) is 0 Å². The van der Waals surface area contributed by atoms with Crippen molar-refractivity contribution in [2.45, 2.75) is 35.9 Å². The molecule has 0 aromatic heterocycles. The summed E-state index contributed by atoms with van der Waals surface area (Å²) in [5.41, 5.74) is 4.08. The van der Waals surface area contributed by atoms with Crippen molar-refractivity contribution < 1.29 is 36.6 Å². The quantitative estimate of drug-likeness (QED) is 0.134. The van der Waals surface area contributed by atoms with Crippen molar-refractivity contribution in [3.8, 4) is 5.75 Å². The summed E-state index contributed by atoms with van der Waals surface area (Å²) in [6.45, 7) is -0.0576. The Kier molecular flexibility index (Phi) is 10.4. The van der Waals surface area contributed by atoms with E-state index in [-0.39, 0.29) is 35.9 Å². The van der Waals surface area contributed by atoms with Gasteiger partial charge in [-0.1, -0.05) is 54.6 Å². The van der Waals surface area contributed by atoms with Crippen LogP contribution < -0.4 is 15.6 Å². The van der Waals surface area contributed by atoms with Crippen molar-refractivity contribution in [2.24, 2.45) is 4.99 Å². The molecule has 1 aliphatic heterocycles. The zero-order valence-electron chi connectivity index (χ0n) is 24.7. The highest BCUT2D eigenvalue weighted by Gasteiger charge is 2.53. The number of carbonyl (C=O) groups is 1. The molecule has 0 radical (unpaired) electrons. The highest BCUT2D eigenvalue weighted by Crippen LogP contribution is 2.43. The number of aliphatic hydroxyl groups is 1. The van der Waals surface area contributed by atoms with Crippen molar-refractivity contribution in [2.75, 3.05) is 19.0 Å². The molecule has 1 heterocycles. The fraction of sp³-hybridized carbons (Fsp3) is 0.235. The summed E-state index contributed by atoms with van der Waals surface area (Å²) in [5.74, 6) is -2.13. The highest BCUT2D eigenvalue weighted by atomic mass is 32.2. The Morgan fingerprint density at radius 1 is 0.913 bits per heavy atom. The molecule has 0 saturated heterocycles. The number of ether oxygens (including phenoxy) is 2. The van der Waals surface area contributed by atoms with Crippen LogP contribution in [0.1, 0.15) is 35.6 Å². The number of rotatable bonds is 14. The zero-order valence-corrected chi connectivity index (χ0v) is 25.6. The van der Waals surface area contributed by atoms with Crippen molar-refractivity contribution in [3.63, 3.8) is 0 Å². The Morgan fingerprint density at radius 3 is 2.22 bits per heavy atom. The van der Waals surface area contributed by atoms with Gasteiger partial charge in [0.15, 0.2) is 21.5 Å². The van der Waals surface area contributed by atoms with Crippen LogP contribution in [0.2, 0.25) is 0 Å². The number of hydrazine groups is 1. The SMILES string of the molecule is O=C(NNCc1c(F)cccc1F)[C@@]1(CCS(=O)(=O)c2ccccc2)N=C(c2ccc(OCCCO)cc2)O[C@H]1c1ccccc1. The second kappa shape index (κ2) is 14.6. The van der Waals surface area contributed by atoms with Gasteiger partial charge in [0.05, 0.1) is 17.3 Å². The van der Waals surface area contributed by atoms with E-state index in [1.54, 1.807) is 72.8 Å². The summed E-state index contributed by atoms with van der Waals surface area (Å²) in [7, 11) is -3.86. The lowest BCUT2D eigenvalue weighted by atomic mass is 9.85. The van der Waals surface area contributed by atoms with E-state index in [1.807, 2.05) is 0 Å².